The number of carbonyl (C=O) groups is 1. The van der Waals surface area contributed by atoms with Gasteiger partial charge in [0.05, 0.1) is 16.8 Å². The summed E-state index contributed by atoms with van der Waals surface area (Å²) in [4.78, 5) is 13.2. The molecule has 1 aromatic heterocycles. The average molecular weight is 511 g/mol. The fourth-order valence-corrected chi connectivity index (χ4v) is 4.31. The molecule has 0 atom stereocenters. The molecule has 1 amide bonds. The number of para-hydroxylation sites is 2. The van der Waals surface area contributed by atoms with Crippen LogP contribution in [0.4, 0.5) is 36.4 Å². The highest BCUT2D eigenvalue weighted by Crippen LogP contribution is 2.49. The molecular formula is C25H20F7N3O. The van der Waals surface area contributed by atoms with Gasteiger partial charge in [-0.15, -0.1) is 0 Å². The lowest BCUT2D eigenvalue weighted by Gasteiger charge is -2.27. The third-order valence-corrected chi connectivity index (χ3v) is 6.12. The normalized spacial score (nSPS) is 16.4. The van der Waals surface area contributed by atoms with Crippen LogP contribution in [0.5, 0.6) is 0 Å². The minimum absolute atomic E-state index is 0.0712. The van der Waals surface area contributed by atoms with Crippen LogP contribution >= 0.6 is 0 Å². The van der Waals surface area contributed by atoms with Gasteiger partial charge in [0.25, 0.3) is 5.91 Å². The highest BCUT2D eigenvalue weighted by atomic mass is 19.4. The van der Waals surface area contributed by atoms with Crippen molar-refractivity contribution >= 4 is 34.3 Å². The van der Waals surface area contributed by atoms with Gasteiger partial charge >= 0.3 is 18.0 Å². The Morgan fingerprint density at radius 1 is 0.917 bits per heavy atom. The Hall–Kier alpha value is -3.63. The summed E-state index contributed by atoms with van der Waals surface area (Å²) in [5.74, 6) is -13.6. The van der Waals surface area contributed by atoms with Crippen LogP contribution in [-0.4, -0.2) is 34.2 Å². The Labute approximate surface area is 201 Å². The van der Waals surface area contributed by atoms with Crippen molar-refractivity contribution in [2.45, 2.75) is 45.3 Å². The van der Waals surface area contributed by atoms with Crippen LogP contribution in [-0.2, 0) is 11.3 Å². The van der Waals surface area contributed by atoms with Crippen LogP contribution < -0.4 is 5.01 Å². The maximum absolute atomic E-state index is 14.9. The minimum Gasteiger partial charge on any atom is -0.344 e. The van der Waals surface area contributed by atoms with Crippen LogP contribution in [0.2, 0.25) is 0 Å². The van der Waals surface area contributed by atoms with E-state index < -0.39 is 35.2 Å². The summed E-state index contributed by atoms with van der Waals surface area (Å²) in [5.41, 5.74) is -0.763. The zero-order chi connectivity index (χ0) is 26.6. The lowest BCUT2D eigenvalue weighted by atomic mass is 9.96. The van der Waals surface area contributed by atoms with Crippen molar-refractivity contribution in [3.63, 3.8) is 0 Å². The Kier molecular flexibility index (Phi) is 6.01. The number of nitrogens with zero attached hydrogens (tertiary/aromatic N) is 3. The van der Waals surface area contributed by atoms with E-state index >= 15 is 0 Å². The lowest BCUT2D eigenvalue weighted by molar-refractivity contribution is -0.336. The predicted molar refractivity (Wildman–Crippen MR) is 122 cm³/mol. The molecule has 4 nitrogen and oxygen atoms in total. The molecule has 4 rings (SSSR count). The highest BCUT2D eigenvalue weighted by Gasteiger charge is 2.76. The van der Waals surface area contributed by atoms with Gasteiger partial charge in [0.2, 0.25) is 0 Å². The maximum atomic E-state index is 14.9. The topological polar surface area (TPSA) is 37.6 Å². The van der Waals surface area contributed by atoms with E-state index in [1.807, 2.05) is 24.5 Å². The zero-order valence-corrected chi connectivity index (χ0v) is 19.3. The molecule has 3 aromatic rings. The number of hydrogen-bond acceptors (Lipinski definition) is 2. The first-order valence-electron chi connectivity index (χ1n) is 10.9. The molecule has 0 fully saturated rings. The number of carbonyl (C=O) groups excluding carboxylic acids is 1. The van der Waals surface area contributed by atoms with E-state index in [9.17, 15) is 35.5 Å². The fourth-order valence-electron chi connectivity index (χ4n) is 4.31. The van der Waals surface area contributed by atoms with Gasteiger partial charge in [0.15, 0.2) is 5.71 Å². The summed E-state index contributed by atoms with van der Waals surface area (Å²) >= 11 is 0. The molecule has 1 aliphatic heterocycles. The first-order chi connectivity index (χ1) is 16.7. The number of hydrazone groups is 1. The van der Waals surface area contributed by atoms with Gasteiger partial charge in [0.1, 0.15) is 0 Å². The van der Waals surface area contributed by atoms with Crippen molar-refractivity contribution in [3.05, 3.63) is 70.9 Å². The van der Waals surface area contributed by atoms with E-state index in [0.717, 1.165) is 17.2 Å². The molecule has 0 spiro atoms. The molecule has 1 aliphatic rings. The standard InChI is InChI=1S/C25H20F7N3O/c1-4-34-15(3)18(17-12-8-9-14(2)20(17)34)13-19-21(23(26,27)24(28,29)25(30,31)32)33-35(22(19)36)16-10-6-5-7-11-16/h5-13H,4H2,1-3H3/b19-13+. The third-order valence-electron chi connectivity index (χ3n) is 6.12. The maximum Gasteiger partial charge on any atom is 0.460 e. The number of rotatable bonds is 5. The molecule has 0 unspecified atom stereocenters. The monoisotopic (exact) mass is 511 g/mol. The number of aromatic nitrogens is 1. The summed E-state index contributed by atoms with van der Waals surface area (Å²) in [7, 11) is 0. The number of amides is 1. The van der Waals surface area contributed by atoms with E-state index in [1.54, 1.807) is 25.1 Å². The van der Waals surface area contributed by atoms with Crippen molar-refractivity contribution in [1.82, 2.24) is 4.57 Å². The summed E-state index contributed by atoms with van der Waals surface area (Å²) in [6.07, 6.45) is -5.66. The van der Waals surface area contributed by atoms with E-state index in [0.29, 0.717) is 22.6 Å². The van der Waals surface area contributed by atoms with Crippen molar-refractivity contribution in [2.75, 3.05) is 5.01 Å². The number of fused-ring (bicyclic) bond motifs is 1. The highest BCUT2D eigenvalue weighted by molar-refractivity contribution is 6.35. The van der Waals surface area contributed by atoms with Crippen molar-refractivity contribution in [2.24, 2.45) is 5.10 Å². The molecule has 36 heavy (non-hydrogen) atoms. The molecule has 0 saturated heterocycles. The van der Waals surface area contributed by atoms with Crippen molar-refractivity contribution in [3.8, 4) is 0 Å². The number of alkyl halides is 7. The van der Waals surface area contributed by atoms with E-state index in [-0.39, 0.29) is 11.3 Å². The largest absolute Gasteiger partial charge is 0.460 e. The van der Waals surface area contributed by atoms with E-state index in [1.165, 1.54) is 24.3 Å². The van der Waals surface area contributed by atoms with Gasteiger partial charge in [-0.3, -0.25) is 4.79 Å². The lowest BCUT2D eigenvalue weighted by Crippen LogP contribution is -2.56. The van der Waals surface area contributed by atoms with Gasteiger partial charge in [-0.2, -0.15) is 40.8 Å². The second-order valence-corrected chi connectivity index (χ2v) is 8.32. The summed E-state index contributed by atoms with van der Waals surface area (Å²) in [5, 5.41) is 4.25. The van der Waals surface area contributed by atoms with Gasteiger partial charge < -0.3 is 4.57 Å². The van der Waals surface area contributed by atoms with Crippen LogP contribution in [0.1, 0.15) is 23.7 Å². The molecule has 11 heteroatoms. The molecule has 0 bridgehead atoms. The molecule has 0 aliphatic carbocycles. The Balaban J connectivity index is 2.00. The summed E-state index contributed by atoms with van der Waals surface area (Å²) in [6, 6.07) is 12.2. The summed E-state index contributed by atoms with van der Waals surface area (Å²) < 4.78 is 98.9. The number of aryl methyl sites for hydroxylation is 2. The number of halogens is 7. The molecule has 2 aromatic carbocycles. The van der Waals surface area contributed by atoms with Gasteiger partial charge in [0, 0.05) is 23.2 Å². The van der Waals surface area contributed by atoms with Crippen LogP contribution in [0.25, 0.3) is 17.0 Å². The van der Waals surface area contributed by atoms with Crippen molar-refractivity contribution < 1.29 is 35.5 Å². The minimum atomic E-state index is -6.58. The fraction of sp³-hybridized carbons (Fsp3) is 0.280. The molecule has 0 N–H and O–H groups in total. The predicted octanol–water partition coefficient (Wildman–Crippen LogP) is 6.90. The second-order valence-electron chi connectivity index (χ2n) is 8.32. The number of anilines is 1. The summed E-state index contributed by atoms with van der Waals surface area (Å²) in [6.45, 7) is 5.75. The van der Waals surface area contributed by atoms with Crippen LogP contribution in [0.15, 0.2) is 59.2 Å². The molecule has 0 saturated carbocycles. The first kappa shape index (κ1) is 25.5. The van der Waals surface area contributed by atoms with Gasteiger partial charge in [-0.1, -0.05) is 36.4 Å². The molecule has 2 heterocycles. The smallest absolute Gasteiger partial charge is 0.344 e. The second kappa shape index (κ2) is 8.49. The molecule has 0 radical (unpaired) electrons. The quantitative estimate of drug-likeness (QED) is 0.271. The SMILES string of the molecule is CCn1c(C)c(/C=C2/C(=O)N(c3ccccc3)N=C2C(F)(F)C(F)(F)C(F)(F)F)c2cccc(C)c21. The van der Waals surface area contributed by atoms with Gasteiger partial charge in [-0.05, 0) is 44.5 Å². The van der Waals surface area contributed by atoms with Crippen molar-refractivity contribution in [1.29, 1.82) is 0 Å². The van der Waals surface area contributed by atoms with E-state index in [4.69, 9.17) is 0 Å². The number of hydrogen-bond donors (Lipinski definition) is 0. The Morgan fingerprint density at radius 3 is 2.14 bits per heavy atom. The van der Waals surface area contributed by atoms with Crippen LogP contribution in [0, 0.1) is 13.8 Å². The van der Waals surface area contributed by atoms with Gasteiger partial charge in [-0.25, -0.2) is 0 Å². The Morgan fingerprint density at radius 2 is 1.56 bits per heavy atom. The number of benzene rings is 2. The average Bonchev–Trinajstić information content (AvgIpc) is 3.29. The zero-order valence-electron chi connectivity index (χ0n) is 19.3. The molecular weight excluding hydrogens is 491 g/mol. The molecule has 190 valence electrons. The van der Waals surface area contributed by atoms with E-state index in [2.05, 4.69) is 5.10 Å². The van der Waals surface area contributed by atoms with Crippen LogP contribution in [0.3, 0.4) is 0 Å². The third kappa shape index (κ3) is 3.68. The first-order valence-corrected chi connectivity index (χ1v) is 10.9. The Bertz CT molecular complexity index is 1400.